The summed E-state index contributed by atoms with van der Waals surface area (Å²) >= 11 is 5.70. The van der Waals surface area contributed by atoms with Gasteiger partial charge in [0.1, 0.15) is 17.6 Å². The Morgan fingerprint density at radius 3 is 2.87 bits per heavy atom. The normalized spacial score (nSPS) is 17.4. The van der Waals surface area contributed by atoms with Crippen molar-refractivity contribution in [2.24, 2.45) is 0 Å². The topological polar surface area (TPSA) is 61.2 Å². The minimum absolute atomic E-state index is 0.275. The van der Waals surface area contributed by atoms with Gasteiger partial charge in [0.15, 0.2) is 11.5 Å². The van der Waals surface area contributed by atoms with Gasteiger partial charge in [0.25, 0.3) is 0 Å². The molecule has 1 aliphatic rings. The van der Waals surface area contributed by atoms with Crippen molar-refractivity contribution in [3.8, 4) is 11.4 Å². The largest absolute Gasteiger partial charge is 0.495 e. The van der Waals surface area contributed by atoms with Crippen molar-refractivity contribution in [3.63, 3.8) is 0 Å². The molecular weight excluding hydrogens is 398 g/mol. The number of fused-ring (bicyclic) bond motifs is 1. The molecule has 30 heavy (non-hydrogen) atoms. The Kier molecular flexibility index (Phi) is 5.10. The number of para-hydroxylation sites is 4. The van der Waals surface area contributed by atoms with Crippen LogP contribution in [0.15, 0.2) is 59.3 Å². The average Bonchev–Trinajstić information content (AvgIpc) is 3.38. The summed E-state index contributed by atoms with van der Waals surface area (Å²) in [5.41, 5.74) is 2.66. The van der Waals surface area contributed by atoms with Crippen molar-refractivity contribution < 1.29 is 9.15 Å². The number of oxazole rings is 1. The molecule has 1 unspecified atom stereocenters. The lowest BCUT2D eigenvalue weighted by molar-refractivity contribution is 0.147. The van der Waals surface area contributed by atoms with Gasteiger partial charge >= 0.3 is 0 Å². The van der Waals surface area contributed by atoms with Gasteiger partial charge in [-0.2, -0.15) is 5.10 Å². The highest BCUT2D eigenvalue weighted by Gasteiger charge is 2.26. The van der Waals surface area contributed by atoms with E-state index in [1.807, 2.05) is 57.8 Å². The van der Waals surface area contributed by atoms with E-state index < -0.39 is 0 Å². The molecule has 2 aromatic carbocycles. The van der Waals surface area contributed by atoms with E-state index in [1.54, 1.807) is 13.4 Å². The quantitative estimate of drug-likeness (QED) is 0.446. The van der Waals surface area contributed by atoms with E-state index in [9.17, 15) is 0 Å². The maximum Gasteiger partial charge on any atom is 0.203 e. The van der Waals surface area contributed by atoms with Gasteiger partial charge in [0, 0.05) is 12.5 Å². The van der Waals surface area contributed by atoms with Gasteiger partial charge in [-0.3, -0.25) is 9.47 Å². The van der Waals surface area contributed by atoms with Crippen LogP contribution in [-0.2, 0) is 6.67 Å². The summed E-state index contributed by atoms with van der Waals surface area (Å²) in [4.78, 5) is 7.06. The second kappa shape index (κ2) is 8.04. The van der Waals surface area contributed by atoms with Gasteiger partial charge in [-0.1, -0.05) is 24.3 Å². The highest BCUT2D eigenvalue weighted by atomic mass is 32.1. The first kappa shape index (κ1) is 19.0. The van der Waals surface area contributed by atoms with Crippen molar-refractivity contribution in [1.82, 2.24) is 24.2 Å². The van der Waals surface area contributed by atoms with Crippen LogP contribution in [0, 0.1) is 4.77 Å². The molecule has 0 amide bonds. The SMILES string of the molecule is COc1ccccc1-n1cnn(CN2CCCC(c3nc4ccccc4o3)C2)c1=S. The van der Waals surface area contributed by atoms with Gasteiger partial charge in [0.05, 0.1) is 19.5 Å². The number of nitrogens with zero attached hydrogens (tertiary/aromatic N) is 5. The molecule has 4 aromatic rings. The summed E-state index contributed by atoms with van der Waals surface area (Å²) in [5, 5.41) is 4.53. The molecule has 1 fully saturated rings. The maximum atomic E-state index is 6.02. The Morgan fingerprint density at radius 1 is 1.17 bits per heavy atom. The zero-order chi connectivity index (χ0) is 20.5. The molecule has 2 aromatic heterocycles. The number of hydrogen-bond acceptors (Lipinski definition) is 6. The fourth-order valence-electron chi connectivity index (χ4n) is 4.07. The summed E-state index contributed by atoms with van der Waals surface area (Å²) in [5.74, 6) is 1.86. The van der Waals surface area contributed by atoms with E-state index in [2.05, 4.69) is 10.00 Å². The Labute approximate surface area is 179 Å². The molecule has 0 aliphatic carbocycles. The van der Waals surface area contributed by atoms with E-state index in [0.29, 0.717) is 11.4 Å². The number of benzene rings is 2. The summed E-state index contributed by atoms with van der Waals surface area (Å²) in [6, 6.07) is 15.7. The van der Waals surface area contributed by atoms with Crippen LogP contribution in [0.3, 0.4) is 0 Å². The molecule has 1 aliphatic heterocycles. The van der Waals surface area contributed by atoms with Crippen LogP contribution in [0.25, 0.3) is 16.8 Å². The second-order valence-corrected chi connectivity index (χ2v) is 7.90. The Bertz CT molecular complexity index is 1190. The van der Waals surface area contributed by atoms with Crippen molar-refractivity contribution in [3.05, 3.63) is 65.5 Å². The molecule has 7 nitrogen and oxygen atoms in total. The lowest BCUT2D eigenvalue weighted by Crippen LogP contribution is -2.36. The smallest absolute Gasteiger partial charge is 0.203 e. The predicted octanol–water partition coefficient (Wildman–Crippen LogP) is 4.39. The van der Waals surface area contributed by atoms with Gasteiger partial charge in [-0.05, 0) is 55.9 Å². The first-order valence-corrected chi connectivity index (χ1v) is 10.5. The Hall–Kier alpha value is -2.97. The Balaban J connectivity index is 1.35. The molecule has 154 valence electrons. The van der Waals surface area contributed by atoms with Crippen LogP contribution in [0.1, 0.15) is 24.7 Å². The number of methoxy groups -OCH3 is 1. The summed E-state index contributed by atoms with van der Waals surface area (Å²) in [6.07, 6.45) is 3.91. The van der Waals surface area contributed by atoms with E-state index in [-0.39, 0.29) is 5.92 Å². The molecule has 3 heterocycles. The predicted molar refractivity (Wildman–Crippen MR) is 116 cm³/mol. The number of aromatic nitrogens is 4. The molecule has 0 N–H and O–H groups in total. The first-order chi connectivity index (χ1) is 14.7. The number of piperidine rings is 1. The monoisotopic (exact) mass is 421 g/mol. The molecule has 8 heteroatoms. The van der Waals surface area contributed by atoms with E-state index >= 15 is 0 Å². The zero-order valence-electron chi connectivity index (χ0n) is 16.8. The second-order valence-electron chi connectivity index (χ2n) is 7.53. The van der Waals surface area contributed by atoms with Crippen molar-refractivity contribution >= 4 is 23.3 Å². The lowest BCUT2D eigenvalue weighted by atomic mass is 9.98. The molecule has 1 atom stereocenters. The van der Waals surface area contributed by atoms with Gasteiger partial charge in [-0.25, -0.2) is 9.67 Å². The van der Waals surface area contributed by atoms with Gasteiger partial charge in [-0.15, -0.1) is 0 Å². The van der Waals surface area contributed by atoms with Crippen LogP contribution in [0.5, 0.6) is 5.75 Å². The lowest BCUT2D eigenvalue weighted by Gasteiger charge is -2.30. The summed E-state index contributed by atoms with van der Waals surface area (Å²) in [6.45, 7) is 2.51. The van der Waals surface area contributed by atoms with Crippen LogP contribution in [0.4, 0.5) is 0 Å². The highest BCUT2D eigenvalue weighted by Crippen LogP contribution is 2.29. The standard InChI is InChI=1S/C22H23N5O2S/c1-28-20-11-5-3-9-18(20)26-14-23-27(22(26)30)15-25-12-6-7-16(13-25)21-24-17-8-2-4-10-19(17)29-21/h2-5,8-11,14,16H,6-7,12-13,15H2,1H3. The van der Waals surface area contributed by atoms with Crippen molar-refractivity contribution in [2.45, 2.75) is 25.4 Å². The highest BCUT2D eigenvalue weighted by molar-refractivity contribution is 7.71. The van der Waals surface area contributed by atoms with Crippen LogP contribution in [-0.4, -0.2) is 44.4 Å². The molecule has 0 bridgehead atoms. The number of rotatable bonds is 5. The summed E-state index contributed by atoms with van der Waals surface area (Å²) < 4.78 is 15.9. The van der Waals surface area contributed by atoms with Crippen molar-refractivity contribution in [1.29, 1.82) is 0 Å². The summed E-state index contributed by atoms with van der Waals surface area (Å²) in [7, 11) is 1.66. The van der Waals surface area contributed by atoms with E-state index in [4.69, 9.17) is 26.4 Å². The molecule has 0 saturated carbocycles. The minimum atomic E-state index is 0.275. The van der Waals surface area contributed by atoms with Gasteiger partial charge < -0.3 is 9.15 Å². The average molecular weight is 422 g/mol. The third kappa shape index (κ3) is 3.53. The van der Waals surface area contributed by atoms with Crippen LogP contribution < -0.4 is 4.74 Å². The molecular formula is C22H23N5O2S. The first-order valence-electron chi connectivity index (χ1n) is 10.1. The Morgan fingerprint density at radius 2 is 2.00 bits per heavy atom. The number of hydrogen-bond donors (Lipinski definition) is 0. The fraction of sp³-hybridized carbons (Fsp3) is 0.318. The molecule has 5 rings (SSSR count). The third-order valence-corrected chi connectivity index (χ3v) is 5.98. The van der Waals surface area contributed by atoms with E-state index in [1.165, 1.54) is 0 Å². The van der Waals surface area contributed by atoms with E-state index in [0.717, 1.165) is 54.4 Å². The minimum Gasteiger partial charge on any atom is -0.495 e. The van der Waals surface area contributed by atoms with Crippen LogP contribution >= 0.6 is 12.2 Å². The fourth-order valence-corrected chi connectivity index (χ4v) is 4.32. The molecule has 0 spiro atoms. The third-order valence-electron chi connectivity index (χ3n) is 5.58. The number of ether oxygens (including phenoxy) is 1. The van der Waals surface area contributed by atoms with Gasteiger partial charge in [0.2, 0.25) is 4.77 Å². The molecule has 1 saturated heterocycles. The zero-order valence-corrected chi connectivity index (χ0v) is 17.6. The maximum absolute atomic E-state index is 6.02. The molecule has 0 radical (unpaired) electrons. The van der Waals surface area contributed by atoms with Crippen LogP contribution in [0.2, 0.25) is 0 Å². The van der Waals surface area contributed by atoms with Crippen molar-refractivity contribution in [2.75, 3.05) is 20.2 Å². The number of likely N-dealkylation sites (tertiary alicyclic amines) is 1.